The van der Waals surface area contributed by atoms with Crippen LogP contribution >= 0.6 is 33.9 Å². The molecule has 0 aliphatic heterocycles. The number of anilines is 1. The Morgan fingerprint density at radius 3 is 2.60 bits per heavy atom. The molecule has 0 unspecified atom stereocenters. The highest BCUT2D eigenvalue weighted by molar-refractivity contribution is 14.1. The van der Waals surface area contributed by atoms with Crippen LogP contribution in [0.5, 0.6) is 0 Å². The van der Waals surface area contributed by atoms with Crippen LogP contribution in [0.3, 0.4) is 0 Å². The second-order valence-corrected chi connectivity index (χ2v) is 9.35. The van der Waals surface area contributed by atoms with Crippen molar-refractivity contribution in [1.82, 2.24) is 0 Å². The van der Waals surface area contributed by atoms with Crippen molar-refractivity contribution in [3.8, 4) is 0 Å². The van der Waals surface area contributed by atoms with Gasteiger partial charge in [0.25, 0.3) is 0 Å². The van der Waals surface area contributed by atoms with E-state index in [1.54, 1.807) is 4.90 Å². The van der Waals surface area contributed by atoms with E-state index < -0.39 is 5.97 Å². The molecule has 5 nitrogen and oxygen atoms in total. The average Bonchev–Trinajstić information content (AvgIpc) is 2.99. The van der Waals surface area contributed by atoms with E-state index in [9.17, 15) is 9.59 Å². The van der Waals surface area contributed by atoms with E-state index in [0.717, 1.165) is 28.6 Å². The van der Waals surface area contributed by atoms with Crippen LogP contribution in [0, 0.1) is 14.7 Å². The summed E-state index contributed by atoms with van der Waals surface area (Å²) in [5.74, 6) is 0.426. The van der Waals surface area contributed by atoms with Crippen LogP contribution in [0.1, 0.15) is 49.2 Å². The number of esters is 1. The lowest BCUT2D eigenvalue weighted by atomic mass is 9.82. The van der Waals surface area contributed by atoms with E-state index in [1.165, 1.54) is 18.4 Å². The van der Waals surface area contributed by atoms with E-state index in [2.05, 4.69) is 29.5 Å². The molecule has 25 heavy (non-hydrogen) atoms. The first-order chi connectivity index (χ1) is 12.0. The Hall–Kier alpha value is -0.670. The van der Waals surface area contributed by atoms with Gasteiger partial charge in [-0.3, -0.25) is 4.79 Å². The van der Waals surface area contributed by atoms with Crippen LogP contribution in [-0.4, -0.2) is 38.7 Å². The molecule has 0 spiro atoms. The lowest BCUT2D eigenvalue weighted by Gasteiger charge is -2.31. The van der Waals surface area contributed by atoms with Gasteiger partial charge >= 0.3 is 5.97 Å². The fraction of sp³-hybridized carbons (Fsp3) is 0.667. The molecule has 0 radical (unpaired) electrons. The van der Waals surface area contributed by atoms with Crippen LogP contribution in [0.25, 0.3) is 0 Å². The van der Waals surface area contributed by atoms with Gasteiger partial charge in [0.15, 0.2) is 0 Å². The molecule has 2 rings (SSSR count). The summed E-state index contributed by atoms with van der Waals surface area (Å²) in [5, 5.41) is 0. The van der Waals surface area contributed by atoms with E-state index in [-0.39, 0.29) is 11.8 Å². The molecule has 1 aromatic heterocycles. The molecule has 0 aromatic carbocycles. The molecule has 7 heteroatoms. The molecule has 1 aliphatic carbocycles. The first-order valence-corrected chi connectivity index (χ1v) is 10.6. The number of carbonyl (C=O) groups excluding carboxylic acids is 2. The monoisotopic (exact) mass is 479 g/mol. The number of nitrogens with zero attached hydrogens (tertiary/aromatic N) is 1. The summed E-state index contributed by atoms with van der Waals surface area (Å²) in [6.07, 6.45) is 4.00. The van der Waals surface area contributed by atoms with E-state index >= 15 is 0 Å². The molecule has 0 bridgehead atoms. The topological polar surface area (TPSA) is 55.8 Å². The van der Waals surface area contributed by atoms with Gasteiger partial charge in [0.05, 0.1) is 22.3 Å². The minimum Gasteiger partial charge on any atom is -0.465 e. The van der Waals surface area contributed by atoms with Gasteiger partial charge < -0.3 is 14.4 Å². The molecule has 1 aromatic rings. The van der Waals surface area contributed by atoms with Crippen LogP contribution < -0.4 is 4.90 Å². The maximum atomic E-state index is 13.2. The molecule has 1 fully saturated rings. The Morgan fingerprint density at radius 2 is 2.00 bits per heavy atom. The molecule has 140 valence electrons. The van der Waals surface area contributed by atoms with Crippen molar-refractivity contribution >= 4 is 51.5 Å². The fourth-order valence-corrected chi connectivity index (χ4v) is 4.93. The van der Waals surface area contributed by atoms with Crippen molar-refractivity contribution in [2.75, 3.05) is 31.8 Å². The van der Waals surface area contributed by atoms with Crippen molar-refractivity contribution in [2.45, 2.75) is 39.5 Å². The zero-order chi connectivity index (χ0) is 18.4. The Labute approximate surface area is 167 Å². The van der Waals surface area contributed by atoms with Gasteiger partial charge in [0.1, 0.15) is 4.88 Å². The van der Waals surface area contributed by atoms with E-state index in [0.29, 0.717) is 36.2 Å². The highest BCUT2D eigenvalue weighted by atomic mass is 127. The van der Waals surface area contributed by atoms with Crippen molar-refractivity contribution in [3.05, 3.63) is 13.8 Å². The number of rotatable bonds is 7. The maximum Gasteiger partial charge on any atom is 0.350 e. The van der Waals surface area contributed by atoms with E-state index in [1.807, 2.05) is 13.0 Å². The van der Waals surface area contributed by atoms with Gasteiger partial charge in [0.2, 0.25) is 5.91 Å². The summed E-state index contributed by atoms with van der Waals surface area (Å²) in [6.45, 7) is 5.69. The van der Waals surface area contributed by atoms with Crippen molar-refractivity contribution in [3.63, 3.8) is 0 Å². The van der Waals surface area contributed by atoms with Gasteiger partial charge in [-0.25, -0.2) is 4.79 Å². The van der Waals surface area contributed by atoms with Gasteiger partial charge in [-0.1, -0.05) is 6.92 Å². The SMILES string of the molecule is CCOCCN(C(=O)C1CCC(C)CC1)c1cc(I)sc1C(=O)OC. The van der Waals surface area contributed by atoms with Crippen LogP contribution in [-0.2, 0) is 14.3 Å². The second-order valence-electron chi connectivity index (χ2n) is 6.40. The first kappa shape index (κ1) is 20.6. The molecule has 1 saturated carbocycles. The molecule has 1 heterocycles. The largest absolute Gasteiger partial charge is 0.465 e. The third kappa shape index (κ3) is 5.40. The number of carbonyl (C=O) groups is 2. The number of methoxy groups -OCH3 is 1. The summed E-state index contributed by atoms with van der Waals surface area (Å²) in [6, 6.07) is 1.90. The zero-order valence-corrected chi connectivity index (χ0v) is 18.0. The lowest BCUT2D eigenvalue weighted by Crippen LogP contribution is -2.40. The predicted molar refractivity (Wildman–Crippen MR) is 108 cm³/mol. The standard InChI is InChI=1S/C18H26INO4S/c1-4-24-10-9-20(17(21)13-7-5-12(2)6-8-13)14-11-15(19)25-16(14)18(22)23-3/h11-13H,4-10H2,1-3H3. The molecule has 1 amide bonds. The van der Waals surface area contributed by atoms with Gasteiger partial charge in [-0.2, -0.15) is 0 Å². The minimum atomic E-state index is -0.394. The summed E-state index contributed by atoms with van der Waals surface area (Å²) in [7, 11) is 1.37. The second kappa shape index (κ2) is 9.87. The van der Waals surface area contributed by atoms with Gasteiger partial charge in [0, 0.05) is 19.1 Å². The smallest absolute Gasteiger partial charge is 0.350 e. The normalized spacial score (nSPS) is 20.3. The number of thiophene rings is 1. The van der Waals surface area contributed by atoms with Crippen molar-refractivity contribution in [1.29, 1.82) is 0 Å². The summed E-state index contributed by atoms with van der Waals surface area (Å²) in [5.41, 5.74) is 0.657. The zero-order valence-electron chi connectivity index (χ0n) is 15.0. The highest BCUT2D eigenvalue weighted by Crippen LogP contribution is 2.35. The fourth-order valence-electron chi connectivity index (χ4n) is 3.17. The maximum absolute atomic E-state index is 13.2. The predicted octanol–water partition coefficient (Wildman–Crippen LogP) is 4.34. The third-order valence-electron chi connectivity index (χ3n) is 4.64. The number of hydrogen-bond acceptors (Lipinski definition) is 5. The van der Waals surface area contributed by atoms with Crippen LogP contribution in [0.15, 0.2) is 6.07 Å². The Balaban J connectivity index is 2.26. The quantitative estimate of drug-likeness (QED) is 0.332. The van der Waals surface area contributed by atoms with Crippen LogP contribution in [0.2, 0.25) is 0 Å². The molecule has 1 aliphatic rings. The van der Waals surface area contributed by atoms with Crippen molar-refractivity contribution < 1.29 is 19.1 Å². The minimum absolute atomic E-state index is 0.0286. The molecular weight excluding hydrogens is 453 g/mol. The lowest BCUT2D eigenvalue weighted by molar-refractivity contribution is -0.123. The van der Waals surface area contributed by atoms with Crippen LogP contribution in [0.4, 0.5) is 5.69 Å². The summed E-state index contributed by atoms with van der Waals surface area (Å²) < 4.78 is 11.3. The highest BCUT2D eigenvalue weighted by Gasteiger charge is 2.31. The molecule has 0 N–H and O–H groups in total. The van der Waals surface area contributed by atoms with Gasteiger partial charge in [-0.15, -0.1) is 11.3 Å². The number of hydrogen-bond donors (Lipinski definition) is 0. The summed E-state index contributed by atoms with van der Waals surface area (Å²) in [4.78, 5) is 27.6. The Morgan fingerprint density at radius 1 is 1.32 bits per heavy atom. The van der Waals surface area contributed by atoms with E-state index in [4.69, 9.17) is 9.47 Å². The molecule has 0 atom stereocenters. The molecule has 0 saturated heterocycles. The Kier molecular flexibility index (Phi) is 8.15. The number of amides is 1. The Bertz CT molecular complexity index is 596. The summed E-state index contributed by atoms with van der Waals surface area (Å²) >= 11 is 3.53. The number of halogens is 1. The molecular formula is C18H26INO4S. The number of ether oxygens (including phenoxy) is 2. The van der Waals surface area contributed by atoms with Gasteiger partial charge in [-0.05, 0) is 67.2 Å². The first-order valence-electron chi connectivity index (χ1n) is 8.74. The van der Waals surface area contributed by atoms with Crippen molar-refractivity contribution in [2.24, 2.45) is 11.8 Å². The average molecular weight is 479 g/mol. The third-order valence-corrected chi connectivity index (χ3v) is 6.50.